The lowest BCUT2D eigenvalue weighted by Crippen LogP contribution is -2.35. The minimum absolute atomic E-state index is 0. The van der Waals surface area contributed by atoms with E-state index in [2.05, 4.69) is 15.7 Å². The van der Waals surface area contributed by atoms with Crippen LogP contribution >= 0.6 is 24.2 Å². The van der Waals surface area contributed by atoms with E-state index in [9.17, 15) is 9.59 Å². The maximum Gasteiger partial charge on any atom is 0.246 e. The Kier molecular flexibility index (Phi) is 9.70. The Morgan fingerprint density at radius 1 is 1.26 bits per heavy atom. The van der Waals surface area contributed by atoms with Gasteiger partial charge >= 0.3 is 0 Å². The first kappa shape index (κ1) is 22.8. The van der Waals surface area contributed by atoms with Gasteiger partial charge in [-0.15, -0.1) is 12.4 Å². The lowest BCUT2D eigenvalue weighted by molar-refractivity contribution is -0.117. The topological polar surface area (TPSA) is 111 Å². The number of carbonyl (C=O) groups excluding carboxylic acids is 2. The van der Waals surface area contributed by atoms with E-state index in [1.807, 2.05) is 6.26 Å². The highest BCUT2D eigenvalue weighted by molar-refractivity contribution is 7.98. The first-order chi connectivity index (χ1) is 12.5. The second-order valence-corrected chi connectivity index (χ2v) is 6.57. The minimum atomic E-state index is -0.566. The minimum Gasteiger partial charge on any atom is -0.497 e. The largest absolute Gasteiger partial charge is 0.497 e. The fraction of sp³-hybridized carbons (Fsp3) is 0.353. The standard InChI is InChI=1S/C17H23N5O3S.ClH/c1-25-14-5-3-12(4-6-14)20-16(23)11-22-10-13(9-19-22)21-17(24)15(18)7-8-26-2;/h3-6,9-10,15H,7-8,11,18H2,1-2H3,(H,20,23)(H,21,24);1H/t15-;/m0./s1. The molecule has 0 bridgehead atoms. The zero-order valence-electron chi connectivity index (χ0n) is 15.2. The lowest BCUT2D eigenvalue weighted by atomic mass is 10.2. The molecule has 2 amide bonds. The Morgan fingerprint density at radius 3 is 2.59 bits per heavy atom. The molecule has 0 fully saturated rings. The molecular weight excluding hydrogens is 390 g/mol. The molecule has 4 N–H and O–H groups in total. The molecular formula is C17H24ClN5O3S. The summed E-state index contributed by atoms with van der Waals surface area (Å²) in [5, 5.41) is 9.55. The van der Waals surface area contributed by atoms with Crippen LogP contribution in [-0.2, 0) is 16.1 Å². The summed E-state index contributed by atoms with van der Waals surface area (Å²) in [6, 6.07) is 6.46. The van der Waals surface area contributed by atoms with Gasteiger partial charge in [-0.25, -0.2) is 0 Å². The predicted octanol–water partition coefficient (Wildman–Crippen LogP) is 1.97. The van der Waals surface area contributed by atoms with Gasteiger partial charge in [-0.05, 0) is 42.7 Å². The summed E-state index contributed by atoms with van der Waals surface area (Å²) in [6.45, 7) is 0.0282. The molecule has 0 unspecified atom stereocenters. The summed E-state index contributed by atoms with van der Waals surface area (Å²) in [7, 11) is 1.58. The number of nitrogens with one attached hydrogen (secondary N) is 2. The molecule has 10 heteroatoms. The Balaban J connectivity index is 0.00000364. The van der Waals surface area contributed by atoms with E-state index in [4.69, 9.17) is 10.5 Å². The van der Waals surface area contributed by atoms with Crippen molar-refractivity contribution < 1.29 is 14.3 Å². The van der Waals surface area contributed by atoms with Crippen LogP contribution in [0.3, 0.4) is 0 Å². The van der Waals surface area contributed by atoms with Crippen molar-refractivity contribution in [3.63, 3.8) is 0 Å². The van der Waals surface area contributed by atoms with E-state index in [0.29, 0.717) is 23.5 Å². The number of nitrogens with two attached hydrogens (primary N) is 1. The maximum absolute atomic E-state index is 12.1. The third kappa shape index (κ3) is 7.49. The number of ether oxygens (including phenoxy) is 1. The molecule has 1 atom stereocenters. The van der Waals surface area contributed by atoms with Gasteiger partial charge < -0.3 is 21.1 Å². The van der Waals surface area contributed by atoms with Crippen molar-refractivity contribution in [3.8, 4) is 5.75 Å². The highest BCUT2D eigenvalue weighted by Crippen LogP contribution is 2.15. The number of amides is 2. The van der Waals surface area contributed by atoms with E-state index in [1.54, 1.807) is 49.3 Å². The third-order valence-corrected chi connectivity index (χ3v) is 4.19. The zero-order chi connectivity index (χ0) is 18.9. The van der Waals surface area contributed by atoms with E-state index < -0.39 is 6.04 Å². The second-order valence-electron chi connectivity index (χ2n) is 5.58. The highest BCUT2D eigenvalue weighted by Gasteiger charge is 2.14. The van der Waals surface area contributed by atoms with Crippen LogP contribution in [0, 0.1) is 0 Å². The maximum atomic E-state index is 12.1. The van der Waals surface area contributed by atoms with E-state index in [-0.39, 0.29) is 30.8 Å². The molecule has 148 valence electrons. The summed E-state index contributed by atoms with van der Waals surface area (Å²) in [6.07, 6.45) is 5.64. The average molecular weight is 414 g/mol. The number of nitrogens with zero attached hydrogens (tertiary/aromatic N) is 2. The Bertz CT molecular complexity index is 738. The SMILES string of the molecule is COc1ccc(NC(=O)Cn2cc(NC(=O)[C@@H](N)CCSC)cn2)cc1.Cl. The Hall–Kier alpha value is -2.23. The van der Waals surface area contributed by atoms with Gasteiger partial charge in [0.2, 0.25) is 11.8 Å². The molecule has 0 aliphatic carbocycles. The average Bonchev–Trinajstić information content (AvgIpc) is 3.06. The fourth-order valence-corrected chi connectivity index (χ4v) is 2.64. The summed E-state index contributed by atoms with van der Waals surface area (Å²) in [4.78, 5) is 24.1. The molecule has 0 saturated heterocycles. The van der Waals surface area contributed by atoms with Gasteiger partial charge in [0.15, 0.2) is 0 Å². The molecule has 2 rings (SSSR count). The van der Waals surface area contributed by atoms with Crippen molar-refractivity contribution in [2.24, 2.45) is 5.73 Å². The molecule has 1 aromatic carbocycles. The van der Waals surface area contributed by atoms with Gasteiger partial charge in [-0.1, -0.05) is 0 Å². The molecule has 27 heavy (non-hydrogen) atoms. The smallest absolute Gasteiger partial charge is 0.246 e. The first-order valence-corrected chi connectivity index (χ1v) is 9.43. The van der Waals surface area contributed by atoms with E-state index >= 15 is 0 Å². The number of hydrogen-bond acceptors (Lipinski definition) is 6. The predicted molar refractivity (Wildman–Crippen MR) is 111 cm³/mol. The Labute approximate surface area is 168 Å². The summed E-state index contributed by atoms with van der Waals surface area (Å²) in [5.74, 6) is 1.04. The molecule has 0 spiro atoms. The fourth-order valence-electron chi connectivity index (χ4n) is 2.15. The molecule has 0 radical (unpaired) electrons. The lowest BCUT2D eigenvalue weighted by Gasteiger charge is -2.10. The summed E-state index contributed by atoms with van der Waals surface area (Å²) >= 11 is 1.64. The van der Waals surface area contributed by atoms with Crippen molar-refractivity contribution in [1.82, 2.24) is 9.78 Å². The van der Waals surface area contributed by atoms with Crippen molar-refractivity contribution >= 4 is 47.4 Å². The second kappa shape index (κ2) is 11.5. The quantitative estimate of drug-likeness (QED) is 0.579. The third-order valence-electron chi connectivity index (χ3n) is 3.55. The number of aromatic nitrogens is 2. The van der Waals surface area contributed by atoms with Crippen LogP contribution in [0.2, 0.25) is 0 Å². The van der Waals surface area contributed by atoms with Gasteiger partial charge in [-0.2, -0.15) is 16.9 Å². The molecule has 0 aliphatic heterocycles. The van der Waals surface area contributed by atoms with Crippen LogP contribution in [0.25, 0.3) is 0 Å². The number of thioether (sulfide) groups is 1. The normalized spacial score (nSPS) is 11.2. The highest BCUT2D eigenvalue weighted by atomic mass is 35.5. The number of hydrogen-bond donors (Lipinski definition) is 3. The molecule has 1 heterocycles. The van der Waals surface area contributed by atoms with Crippen LogP contribution in [0.4, 0.5) is 11.4 Å². The van der Waals surface area contributed by atoms with Gasteiger partial charge in [0, 0.05) is 11.9 Å². The van der Waals surface area contributed by atoms with E-state index in [1.165, 1.54) is 10.9 Å². The van der Waals surface area contributed by atoms with Crippen LogP contribution in [0.15, 0.2) is 36.7 Å². The number of benzene rings is 1. The monoisotopic (exact) mass is 413 g/mol. The van der Waals surface area contributed by atoms with Crippen LogP contribution in [0.5, 0.6) is 5.75 Å². The molecule has 0 aliphatic rings. The molecule has 2 aromatic rings. The Morgan fingerprint density at radius 2 is 1.96 bits per heavy atom. The number of anilines is 2. The van der Waals surface area contributed by atoms with Gasteiger partial charge in [0.25, 0.3) is 0 Å². The summed E-state index contributed by atoms with van der Waals surface area (Å²) < 4.78 is 6.52. The summed E-state index contributed by atoms with van der Waals surface area (Å²) in [5.41, 5.74) is 6.99. The first-order valence-electron chi connectivity index (χ1n) is 8.03. The van der Waals surface area contributed by atoms with Gasteiger partial charge in [-0.3, -0.25) is 14.3 Å². The van der Waals surface area contributed by atoms with E-state index in [0.717, 1.165) is 5.75 Å². The molecule has 0 saturated carbocycles. The number of rotatable bonds is 9. The molecule has 1 aromatic heterocycles. The van der Waals surface area contributed by atoms with Crippen LogP contribution in [-0.4, -0.2) is 46.8 Å². The van der Waals surface area contributed by atoms with Crippen molar-refractivity contribution in [2.75, 3.05) is 29.8 Å². The number of halogens is 1. The van der Waals surface area contributed by atoms with Gasteiger partial charge in [0.1, 0.15) is 12.3 Å². The van der Waals surface area contributed by atoms with Crippen molar-refractivity contribution in [3.05, 3.63) is 36.7 Å². The zero-order valence-corrected chi connectivity index (χ0v) is 16.8. The number of methoxy groups -OCH3 is 1. The van der Waals surface area contributed by atoms with Crippen LogP contribution in [0.1, 0.15) is 6.42 Å². The van der Waals surface area contributed by atoms with Crippen molar-refractivity contribution in [2.45, 2.75) is 19.0 Å². The van der Waals surface area contributed by atoms with Crippen molar-refractivity contribution in [1.29, 1.82) is 0 Å². The number of carbonyl (C=O) groups is 2. The molecule has 8 nitrogen and oxygen atoms in total. The van der Waals surface area contributed by atoms with Crippen LogP contribution < -0.4 is 21.1 Å². The van der Waals surface area contributed by atoms with Gasteiger partial charge in [0.05, 0.1) is 25.0 Å².